The quantitative estimate of drug-likeness (QED) is 0.696. The van der Waals surface area contributed by atoms with Gasteiger partial charge in [-0.25, -0.2) is 14.6 Å². The molecule has 1 amide bonds. The summed E-state index contributed by atoms with van der Waals surface area (Å²) in [5, 5.41) is 11.2. The van der Waals surface area contributed by atoms with Crippen molar-refractivity contribution in [3.63, 3.8) is 0 Å². The average molecular weight is 315 g/mol. The lowest BCUT2D eigenvalue weighted by atomic mass is 10.2. The van der Waals surface area contributed by atoms with Crippen molar-refractivity contribution >= 4 is 17.7 Å². The van der Waals surface area contributed by atoms with E-state index in [2.05, 4.69) is 10.3 Å². The van der Waals surface area contributed by atoms with E-state index in [1.165, 1.54) is 0 Å². The van der Waals surface area contributed by atoms with Crippen LogP contribution in [0.5, 0.6) is 5.75 Å². The van der Waals surface area contributed by atoms with Crippen molar-refractivity contribution < 1.29 is 28.6 Å². The topological polar surface area (TPSA) is 124 Å². The lowest BCUT2D eigenvalue weighted by Crippen LogP contribution is -2.46. The number of hydrogen-bond donors (Lipinski definition) is 3. The van der Waals surface area contributed by atoms with Gasteiger partial charge < -0.3 is 25.6 Å². The number of alkyl carbamates (subject to hydrolysis) is 1. The van der Waals surface area contributed by atoms with Gasteiger partial charge in [-0.15, -0.1) is 0 Å². The van der Waals surface area contributed by atoms with Gasteiger partial charge in [0.2, 0.25) is 5.95 Å². The first kappa shape index (κ1) is 17.5. The lowest BCUT2D eigenvalue weighted by Gasteiger charge is -2.22. The van der Waals surface area contributed by atoms with Crippen LogP contribution in [-0.4, -0.2) is 40.4 Å². The lowest BCUT2D eigenvalue weighted by molar-refractivity contribution is -0.140. The zero-order valence-electron chi connectivity index (χ0n) is 12.4. The SMILES string of the molecule is CC(C)(C)OC(=O)N[C@@H](COc1cc(F)ncc1N)C(=O)O. The van der Waals surface area contributed by atoms with Gasteiger partial charge in [-0.05, 0) is 20.8 Å². The highest BCUT2D eigenvalue weighted by molar-refractivity contribution is 5.80. The van der Waals surface area contributed by atoms with Crippen LogP contribution in [0.15, 0.2) is 12.3 Å². The van der Waals surface area contributed by atoms with Gasteiger partial charge in [0.25, 0.3) is 0 Å². The Morgan fingerprint density at radius 3 is 2.68 bits per heavy atom. The number of nitrogens with zero attached hydrogens (tertiary/aromatic N) is 1. The molecule has 1 aromatic heterocycles. The zero-order chi connectivity index (χ0) is 16.9. The molecule has 1 aromatic rings. The predicted molar refractivity (Wildman–Crippen MR) is 74.9 cm³/mol. The summed E-state index contributed by atoms with van der Waals surface area (Å²) < 4.78 is 23.0. The smallest absolute Gasteiger partial charge is 0.408 e. The summed E-state index contributed by atoms with van der Waals surface area (Å²) in [6, 6.07) is -0.465. The van der Waals surface area contributed by atoms with Crippen LogP contribution in [0.1, 0.15) is 20.8 Å². The standard InChI is InChI=1S/C13H18FN3O5/c1-13(2,3)22-12(20)17-8(11(18)19)6-21-9-4-10(14)16-5-7(9)15/h4-5,8H,6,15H2,1-3H3,(H,17,20)(H,18,19)/t8-/m0/s1. The number of nitrogen functional groups attached to an aromatic ring is 1. The molecular weight excluding hydrogens is 297 g/mol. The molecule has 4 N–H and O–H groups in total. The number of aliphatic carboxylic acids is 1. The molecule has 1 atom stereocenters. The molecule has 0 aliphatic rings. The highest BCUT2D eigenvalue weighted by Crippen LogP contribution is 2.20. The molecule has 122 valence electrons. The highest BCUT2D eigenvalue weighted by atomic mass is 19.1. The Balaban J connectivity index is 2.67. The maximum Gasteiger partial charge on any atom is 0.408 e. The van der Waals surface area contributed by atoms with Crippen LogP contribution in [0, 0.1) is 5.95 Å². The number of rotatable bonds is 5. The Kier molecular flexibility index (Phi) is 5.50. The number of hydrogen-bond acceptors (Lipinski definition) is 6. The van der Waals surface area contributed by atoms with Crippen LogP contribution >= 0.6 is 0 Å². The molecule has 0 saturated carbocycles. The third-order valence-corrected chi connectivity index (χ3v) is 2.26. The number of halogens is 1. The first-order chi connectivity index (χ1) is 10.1. The van der Waals surface area contributed by atoms with Gasteiger partial charge in [0.15, 0.2) is 6.04 Å². The molecule has 0 bridgehead atoms. The van der Waals surface area contributed by atoms with Crippen molar-refractivity contribution in [2.24, 2.45) is 0 Å². The van der Waals surface area contributed by atoms with Crippen LogP contribution in [0.3, 0.4) is 0 Å². The number of pyridine rings is 1. The van der Waals surface area contributed by atoms with Crippen LogP contribution in [0.2, 0.25) is 0 Å². The molecule has 0 radical (unpaired) electrons. The molecule has 0 fully saturated rings. The van der Waals surface area contributed by atoms with Crippen LogP contribution in [0.25, 0.3) is 0 Å². The summed E-state index contributed by atoms with van der Waals surface area (Å²) in [5.41, 5.74) is 4.80. The number of nitrogens with two attached hydrogens (primary N) is 1. The number of carboxylic acids is 1. The van der Waals surface area contributed by atoms with Crippen molar-refractivity contribution in [3.05, 3.63) is 18.2 Å². The second kappa shape index (κ2) is 6.92. The van der Waals surface area contributed by atoms with Gasteiger partial charge >= 0.3 is 12.1 Å². The Morgan fingerprint density at radius 2 is 2.14 bits per heavy atom. The predicted octanol–water partition coefficient (Wildman–Crippen LogP) is 1.16. The van der Waals surface area contributed by atoms with Gasteiger partial charge in [0.1, 0.15) is 18.0 Å². The minimum atomic E-state index is -1.38. The average Bonchev–Trinajstić information content (AvgIpc) is 2.35. The number of amides is 1. The van der Waals surface area contributed by atoms with Crippen molar-refractivity contribution in [2.75, 3.05) is 12.3 Å². The largest absolute Gasteiger partial charge is 0.488 e. The van der Waals surface area contributed by atoms with E-state index in [0.717, 1.165) is 12.3 Å². The summed E-state index contributed by atoms with van der Waals surface area (Å²) in [6.07, 6.45) is 0.138. The summed E-state index contributed by atoms with van der Waals surface area (Å²) in [6.45, 7) is 4.46. The minimum absolute atomic E-state index is 0.0443. The monoisotopic (exact) mass is 315 g/mol. The molecule has 0 aliphatic carbocycles. The van der Waals surface area contributed by atoms with Crippen LogP contribution < -0.4 is 15.8 Å². The first-order valence-electron chi connectivity index (χ1n) is 6.34. The second-order valence-corrected chi connectivity index (χ2v) is 5.39. The van der Waals surface area contributed by atoms with Crippen molar-refractivity contribution in [2.45, 2.75) is 32.4 Å². The van der Waals surface area contributed by atoms with Crippen LogP contribution in [0.4, 0.5) is 14.9 Å². The molecular formula is C13H18FN3O5. The van der Waals surface area contributed by atoms with E-state index >= 15 is 0 Å². The fraction of sp³-hybridized carbons (Fsp3) is 0.462. The molecule has 0 saturated heterocycles. The van der Waals surface area contributed by atoms with E-state index in [-0.39, 0.29) is 11.4 Å². The molecule has 8 nitrogen and oxygen atoms in total. The van der Waals surface area contributed by atoms with E-state index in [0.29, 0.717) is 0 Å². The van der Waals surface area contributed by atoms with Crippen LogP contribution in [-0.2, 0) is 9.53 Å². The van der Waals surface area contributed by atoms with E-state index in [9.17, 15) is 14.0 Å². The zero-order valence-corrected chi connectivity index (χ0v) is 12.4. The van der Waals surface area contributed by atoms with E-state index in [1.807, 2.05) is 0 Å². The van der Waals surface area contributed by atoms with Gasteiger partial charge in [0.05, 0.1) is 11.9 Å². The van der Waals surface area contributed by atoms with Crippen molar-refractivity contribution in [3.8, 4) is 5.75 Å². The second-order valence-electron chi connectivity index (χ2n) is 5.39. The summed E-state index contributed by atoms with van der Waals surface area (Å²) >= 11 is 0. The van der Waals surface area contributed by atoms with E-state index in [1.54, 1.807) is 20.8 Å². The number of carbonyl (C=O) groups excluding carboxylic acids is 1. The molecule has 1 heterocycles. The maximum absolute atomic E-state index is 13.0. The Bertz CT molecular complexity index is 559. The molecule has 1 rings (SSSR count). The number of carbonyl (C=O) groups is 2. The number of aromatic nitrogens is 1. The number of ether oxygens (including phenoxy) is 2. The summed E-state index contributed by atoms with van der Waals surface area (Å²) in [4.78, 5) is 26.0. The van der Waals surface area contributed by atoms with Gasteiger partial charge in [-0.1, -0.05) is 0 Å². The third-order valence-electron chi connectivity index (χ3n) is 2.26. The molecule has 0 aliphatic heterocycles. The fourth-order valence-corrected chi connectivity index (χ4v) is 1.35. The molecule has 0 unspecified atom stereocenters. The normalized spacial score (nSPS) is 12.4. The Hall–Kier alpha value is -2.58. The van der Waals surface area contributed by atoms with E-state index < -0.39 is 36.3 Å². The minimum Gasteiger partial charge on any atom is -0.488 e. The number of carboxylic acid groups (broad SMARTS) is 1. The molecule has 0 aromatic carbocycles. The van der Waals surface area contributed by atoms with Gasteiger partial charge in [-0.3, -0.25) is 0 Å². The summed E-state index contributed by atoms with van der Waals surface area (Å²) in [7, 11) is 0. The fourth-order valence-electron chi connectivity index (χ4n) is 1.35. The Labute approximate surface area is 126 Å². The van der Waals surface area contributed by atoms with Crippen molar-refractivity contribution in [1.29, 1.82) is 0 Å². The highest BCUT2D eigenvalue weighted by Gasteiger charge is 2.25. The molecule has 22 heavy (non-hydrogen) atoms. The summed E-state index contributed by atoms with van der Waals surface area (Å²) in [5.74, 6) is -2.22. The van der Waals surface area contributed by atoms with E-state index in [4.69, 9.17) is 20.3 Å². The number of anilines is 1. The Morgan fingerprint density at radius 1 is 1.50 bits per heavy atom. The van der Waals surface area contributed by atoms with Gasteiger partial charge in [-0.2, -0.15) is 4.39 Å². The first-order valence-corrected chi connectivity index (χ1v) is 6.34. The van der Waals surface area contributed by atoms with Crippen molar-refractivity contribution in [1.82, 2.24) is 10.3 Å². The molecule has 9 heteroatoms. The third kappa shape index (κ3) is 5.81. The number of nitrogens with one attached hydrogen (secondary N) is 1. The maximum atomic E-state index is 13.0. The van der Waals surface area contributed by atoms with Gasteiger partial charge in [0, 0.05) is 6.07 Å². The molecule has 0 spiro atoms.